The molecule has 0 aliphatic rings. The summed E-state index contributed by atoms with van der Waals surface area (Å²) in [6.07, 6.45) is 9.91. The van der Waals surface area contributed by atoms with Crippen molar-refractivity contribution in [3.8, 4) is 34.5 Å². The summed E-state index contributed by atoms with van der Waals surface area (Å²) >= 11 is 0. The largest absolute Gasteiger partial charge is 0.507 e. The van der Waals surface area contributed by atoms with Gasteiger partial charge < -0.3 is 30.6 Å². The summed E-state index contributed by atoms with van der Waals surface area (Å²) in [7, 11) is 0. The van der Waals surface area contributed by atoms with Crippen molar-refractivity contribution in [3.05, 3.63) is 247 Å². The zero-order valence-electron chi connectivity index (χ0n) is 46.9. The molecular weight excluding hydrogens is 1010 g/mol. The minimum Gasteiger partial charge on any atom is -0.507 e. The number of rotatable bonds is 12. The summed E-state index contributed by atoms with van der Waals surface area (Å²) in [5, 5.41) is 59.7. The number of phenols is 6. The van der Waals surface area contributed by atoms with Crippen molar-refractivity contribution in [2.24, 2.45) is 30.0 Å². The van der Waals surface area contributed by atoms with E-state index >= 15 is 0 Å². The molecule has 0 amide bonds. The van der Waals surface area contributed by atoms with E-state index in [1.165, 1.54) is 0 Å². The molecule has 81 heavy (non-hydrogen) atoms. The molecule has 9 aromatic rings. The van der Waals surface area contributed by atoms with E-state index in [9.17, 15) is 30.6 Å². The quantitative estimate of drug-likeness (QED) is 0.0659. The van der Waals surface area contributed by atoms with Crippen LogP contribution in [0.1, 0.15) is 83.5 Å². The van der Waals surface area contributed by atoms with Gasteiger partial charge in [0, 0.05) is 70.7 Å². The maximum Gasteiger partial charge on any atom is 0.124 e. The molecule has 0 heterocycles. The number of phenolic OH excluding ortho intramolecular Hbond substituents is 6. The number of aromatic hydroxyl groups is 6. The molecule has 6 N–H and O–H groups in total. The Balaban J connectivity index is 0.000000175. The molecule has 0 atom stereocenters. The molecule has 0 fully saturated rings. The number of aliphatic imine (C=N–C) groups is 6. The van der Waals surface area contributed by atoms with E-state index in [2.05, 4.69) is 30.0 Å². The van der Waals surface area contributed by atoms with Crippen LogP contribution in [0.3, 0.4) is 0 Å². The summed E-state index contributed by atoms with van der Waals surface area (Å²) in [4.78, 5) is 26.9. The molecule has 408 valence electrons. The topological polar surface area (TPSA) is 196 Å². The molecule has 0 unspecified atom stereocenters. The van der Waals surface area contributed by atoms with E-state index in [0.717, 1.165) is 84.2 Å². The Kier molecular flexibility index (Phi) is 19.8. The van der Waals surface area contributed by atoms with E-state index in [0.29, 0.717) is 33.4 Å². The maximum absolute atomic E-state index is 9.96. The Bertz CT molecular complexity index is 3510. The second-order valence-corrected chi connectivity index (χ2v) is 19.8. The van der Waals surface area contributed by atoms with E-state index in [-0.39, 0.29) is 34.5 Å². The van der Waals surface area contributed by atoms with Gasteiger partial charge in [-0.1, -0.05) is 88.0 Å². The van der Waals surface area contributed by atoms with Crippen LogP contribution in [0.15, 0.2) is 194 Å². The van der Waals surface area contributed by atoms with Gasteiger partial charge in [0.1, 0.15) is 34.5 Å². The van der Waals surface area contributed by atoms with Crippen LogP contribution in [0.5, 0.6) is 34.5 Å². The third-order valence-corrected chi connectivity index (χ3v) is 12.8. The number of aryl methyl sites for hydroxylation is 9. The highest BCUT2D eigenvalue weighted by Gasteiger charge is 2.07. The minimum atomic E-state index is 0.199. The van der Waals surface area contributed by atoms with Crippen molar-refractivity contribution in [2.45, 2.75) is 62.3 Å². The second kappa shape index (κ2) is 27.4. The lowest BCUT2D eigenvalue weighted by Crippen LogP contribution is -1.85. The Morgan fingerprint density at radius 2 is 0.407 bits per heavy atom. The molecule has 12 heteroatoms. The fraction of sp³-hybridized carbons (Fsp3) is 0.130. The fourth-order valence-electron chi connectivity index (χ4n) is 7.97. The summed E-state index contributed by atoms with van der Waals surface area (Å²) in [5.74, 6) is 1.20. The predicted molar refractivity (Wildman–Crippen MR) is 334 cm³/mol. The fourth-order valence-corrected chi connectivity index (χ4v) is 7.97. The molecular formula is C69H66N6O6. The van der Waals surface area contributed by atoms with Crippen LogP contribution in [-0.2, 0) is 0 Å². The molecule has 0 saturated heterocycles. The van der Waals surface area contributed by atoms with Crippen LogP contribution in [0.2, 0.25) is 0 Å². The van der Waals surface area contributed by atoms with Gasteiger partial charge in [0.15, 0.2) is 0 Å². The highest BCUT2D eigenvalue weighted by atomic mass is 16.3. The van der Waals surface area contributed by atoms with Crippen molar-refractivity contribution in [3.63, 3.8) is 0 Å². The van der Waals surface area contributed by atoms with Crippen molar-refractivity contribution in [1.29, 1.82) is 0 Å². The first-order chi connectivity index (χ1) is 38.8. The van der Waals surface area contributed by atoms with Crippen LogP contribution in [-0.4, -0.2) is 67.9 Å². The lowest BCUT2D eigenvalue weighted by molar-refractivity contribution is 0.474. The molecule has 0 aromatic heterocycles. The van der Waals surface area contributed by atoms with E-state index < -0.39 is 0 Å². The third-order valence-electron chi connectivity index (χ3n) is 12.8. The van der Waals surface area contributed by atoms with Gasteiger partial charge in [-0.2, -0.15) is 0 Å². The standard InChI is InChI=1S/3C23H22N2O2/c3*1-15-4-8-22(26)18(10-15)13-24-20-7-6-17(3)21(12-20)25-14-19-11-16(2)5-9-23(19)27/h3*4-14,26-27H,1-3H3. The van der Waals surface area contributed by atoms with Gasteiger partial charge in [-0.25, -0.2) is 0 Å². The SMILES string of the molecule is Cc1ccc(O)c(C=Nc2ccc(C)c(N=Cc3cc(C)ccc3O)c2)c1.Cc1ccc(O)c(C=Nc2ccc(C)c(N=Cc3cc(C)ccc3O)c2)c1.Cc1ccc(O)c(C=Nc2ccc(C)c(N=Cc3cc(C)ccc3O)c2)c1. The van der Waals surface area contributed by atoms with Gasteiger partial charge in [-0.05, 0) is 188 Å². The van der Waals surface area contributed by atoms with Crippen LogP contribution in [0.25, 0.3) is 0 Å². The zero-order valence-corrected chi connectivity index (χ0v) is 46.9. The maximum atomic E-state index is 9.96. The van der Waals surface area contributed by atoms with Crippen molar-refractivity contribution in [2.75, 3.05) is 0 Å². The molecule has 0 aliphatic carbocycles. The monoisotopic (exact) mass is 1070 g/mol. The minimum absolute atomic E-state index is 0.199. The number of hydrogen-bond acceptors (Lipinski definition) is 12. The lowest BCUT2D eigenvalue weighted by Gasteiger charge is -2.04. The predicted octanol–water partition coefficient (Wildman–Crippen LogP) is 16.6. The van der Waals surface area contributed by atoms with Crippen molar-refractivity contribution < 1.29 is 30.6 Å². The molecule has 0 radical (unpaired) electrons. The molecule has 9 rings (SSSR count). The number of hydrogen-bond donors (Lipinski definition) is 6. The molecule has 0 spiro atoms. The van der Waals surface area contributed by atoms with E-state index in [1.54, 1.807) is 73.7 Å². The summed E-state index contributed by atoms with van der Waals surface area (Å²) in [6.45, 7) is 17.7. The Hall–Kier alpha value is -10.2. The molecule has 0 bridgehead atoms. The normalized spacial score (nSPS) is 11.5. The molecule has 9 aromatic carbocycles. The summed E-state index contributed by atoms with van der Waals surface area (Å²) in [6, 6.07) is 49.6. The van der Waals surface area contributed by atoms with Gasteiger partial charge >= 0.3 is 0 Å². The van der Waals surface area contributed by atoms with Crippen LogP contribution >= 0.6 is 0 Å². The van der Waals surface area contributed by atoms with Gasteiger partial charge in [0.05, 0.1) is 34.1 Å². The Morgan fingerprint density at radius 3 is 0.605 bits per heavy atom. The first-order valence-electron chi connectivity index (χ1n) is 26.1. The average molecular weight is 1080 g/mol. The van der Waals surface area contributed by atoms with Gasteiger partial charge in [0.2, 0.25) is 0 Å². The Labute approximate surface area is 474 Å². The average Bonchev–Trinajstić information content (AvgIpc) is 3.48. The first kappa shape index (κ1) is 58.5. The van der Waals surface area contributed by atoms with Gasteiger partial charge in [-0.15, -0.1) is 0 Å². The number of nitrogens with zero attached hydrogens (tertiary/aromatic N) is 6. The van der Waals surface area contributed by atoms with Crippen molar-refractivity contribution >= 4 is 71.4 Å². The van der Waals surface area contributed by atoms with Crippen molar-refractivity contribution in [1.82, 2.24) is 0 Å². The molecule has 0 aliphatic heterocycles. The summed E-state index contributed by atoms with van der Waals surface area (Å²) < 4.78 is 0. The van der Waals surface area contributed by atoms with Crippen LogP contribution in [0.4, 0.5) is 34.1 Å². The molecule has 0 saturated carbocycles. The first-order valence-corrected chi connectivity index (χ1v) is 26.1. The highest BCUT2D eigenvalue weighted by Crippen LogP contribution is 2.30. The van der Waals surface area contributed by atoms with E-state index in [4.69, 9.17) is 0 Å². The van der Waals surface area contributed by atoms with E-state index in [1.807, 2.05) is 190 Å². The third kappa shape index (κ3) is 17.1. The lowest BCUT2D eigenvalue weighted by atomic mass is 10.1. The zero-order chi connectivity index (χ0) is 58.2. The summed E-state index contributed by atoms with van der Waals surface area (Å²) in [5.41, 5.74) is 18.0. The second-order valence-electron chi connectivity index (χ2n) is 19.8. The Morgan fingerprint density at radius 1 is 0.222 bits per heavy atom. The van der Waals surface area contributed by atoms with Crippen LogP contribution < -0.4 is 0 Å². The van der Waals surface area contributed by atoms with Gasteiger partial charge in [0.25, 0.3) is 0 Å². The molecule has 12 nitrogen and oxygen atoms in total. The smallest absolute Gasteiger partial charge is 0.124 e. The number of benzene rings is 9. The van der Waals surface area contributed by atoms with Crippen LogP contribution in [0, 0.1) is 62.3 Å². The van der Waals surface area contributed by atoms with Gasteiger partial charge in [-0.3, -0.25) is 30.0 Å². The highest BCUT2D eigenvalue weighted by molar-refractivity contribution is 5.90.